The van der Waals surface area contributed by atoms with Gasteiger partial charge in [0, 0.05) is 18.3 Å². The van der Waals surface area contributed by atoms with Crippen molar-refractivity contribution in [2.24, 2.45) is 5.92 Å². The molecule has 1 N–H and O–H groups in total. The summed E-state index contributed by atoms with van der Waals surface area (Å²) < 4.78 is 10.2. The number of nitrogens with zero attached hydrogens (tertiary/aromatic N) is 1. The number of carbonyl (C=O) groups is 2. The van der Waals surface area contributed by atoms with Crippen LogP contribution in [0.1, 0.15) is 32.3 Å². The van der Waals surface area contributed by atoms with Crippen LogP contribution in [-0.4, -0.2) is 43.7 Å². The number of nitrogens with one attached hydrogen (secondary N) is 1. The number of hydrogen-bond acceptors (Lipinski definition) is 4. The van der Waals surface area contributed by atoms with Crippen molar-refractivity contribution in [1.29, 1.82) is 0 Å². The van der Waals surface area contributed by atoms with Crippen molar-refractivity contribution in [2.45, 2.75) is 38.1 Å². The molecule has 0 saturated carbocycles. The number of ether oxygens (including phenoxy) is 2. The van der Waals surface area contributed by atoms with Gasteiger partial charge >= 0.3 is 6.09 Å². The van der Waals surface area contributed by atoms with E-state index in [2.05, 4.69) is 19.2 Å². The van der Waals surface area contributed by atoms with Gasteiger partial charge in [0.25, 0.3) is 0 Å². The molecule has 1 aromatic carbocycles. The number of anilines is 1. The van der Waals surface area contributed by atoms with Crippen molar-refractivity contribution in [2.75, 3.05) is 26.1 Å². The number of hydrogen-bond donors (Lipinski definition) is 1. The zero-order chi connectivity index (χ0) is 17.5. The number of carbonyl (C=O) groups excluding carboxylic acids is 2. The van der Waals surface area contributed by atoms with E-state index in [4.69, 9.17) is 9.47 Å². The van der Waals surface area contributed by atoms with E-state index in [1.807, 2.05) is 18.2 Å². The summed E-state index contributed by atoms with van der Waals surface area (Å²) in [6.07, 6.45) is 0.978. The molecule has 1 saturated heterocycles. The van der Waals surface area contributed by atoms with Crippen molar-refractivity contribution in [3.8, 4) is 5.75 Å². The van der Waals surface area contributed by atoms with Crippen LogP contribution in [0, 0.1) is 5.92 Å². The fourth-order valence-corrected chi connectivity index (χ4v) is 4.07. The van der Waals surface area contributed by atoms with Gasteiger partial charge in [-0.25, -0.2) is 4.79 Å². The van der Waals surface area contributed by atoms with Crippen molar-refractivity contribution in [1.82, 2.24) is 4.90 Å². The van der Waals surface area contributed by atoms with Crippen LogP contribution in [0.15, 0.2) is 18.2 Å². The van der Waals surface area contributed by atoms with Crippen LogP contribution in [-0.2, 0) is 14.9 Å². The maximum absolute atomic E-state index is 13.0. The first-order chi connectivity index (χ1) is 11.4. The molecule has 0 aliphatic carbocycles. The minimum atomic E-state index is -0.708. The van der Waals surface area contributed by atoms with Crippen LogP contribution in [0.25, 0.3) is 0 Å². The highest BCUT2D eigenvalue weighted by molar-refractivity contribution is 6.07. The van der Waals surface area contributed by atoms with Gasteiger partial charge in [0.15, 0.2) is 0 Å². The van der Waals surface area contributed by atoms with Gasteiger partial charge in [-0.1, -0.05) is 19.9 Å². The lowest BCUT2D eigenvalue weighted by atomic mass is 9.72. The molecule has 1 aromatic rings. The third-order valence-electron chi connectivity index (χ3n) is 5.16. The number of rotatable bonds is 3. The standard InChI is InChI=1S/C18H24N2O4/c1-11(2)9-15-18(7-8-20(15)17(22)24-4)13-6-5-12(23-3)10-14(13)19-16(18)21/h5-6,10-11,15H,7-9H2,1-4H3,(H,19,21)/t15-,18+/m0/s1. The molecule has 130 valence electrons. The lowest BCUT2D eigenvalue weighted by Crippen LogP contribution is -2.49. The second-order valence-electron chi connectivity index (χ2n) is 6.90. The van der Waals surface area contributed by atoms with E-state index in [1.54, 1.807) is 12.0 Å². The molecule has 0 unspecified atom stereocenters. The van der Waals surface area contributed by atoms with E-state index in [-0.39, 0.29) is 18.0 Å². The van der Waals surface area contributed by atoms with Crippen LogP contribution < -0.4 is 10.1 Å². The maximum atomic E-state index is 13.0. The minimum Gasteiger partial charge on any atom is -0.497 e. The quantitative estimate of drug-likeness (QED) is 0.924. The summed E-state index contributed by atoms with van der Waals surface area (Å²) in [4.78, 5) is 26.9. The van der Waals surface area contributed by atoms with Gasteiger partial charge in [-0.15, -0.1) is 0 Å². The van der Waals surface area contributed by atoms with Crippen LogP contribution in [0.4, 0.5) is 10.5 Å². The summed E-state index contributed by atoms with van der Waals surface area (Å²) in [5.74, 6) is 1.02. The summed E-state index contributed by atoms with van der Waals surface area (Å²) in [7, 11) is 2.98. The molecule has 2 amide bonds. The SMILES string of the molecule is COC(=O)N1CC[C@]2(C(=O)Nc3cc(OC)ccc32)[C@@H]1CC(C)C. The van der Waals surface area contributed by atoms with E-state index in [9.17, 15) is 9.59 Å². The van der Waals surface area contributed by atoms with Crippen molar-refractivity contribution < 1.29 is 19.1 Å². The first-order valence-corrected chi connectivity index (χ1v) is 8.28. The maximum Gasteiger partial charge on any atom is 0.409 e. The Hall–Kier alpha value is -2.24. The third-order valence-corrected chi connectivity index (χ3v) is 5.16. The molecule has 24 heavy (non-hydrogen) atoms. The summed E-state index contributed by atoms with van der Waals surface area (Å²) in [6.45, 7) is 4.72. The van der Waals surface area contributed by atoms with Gasteiger partial charge in [-0.05, 0) is 30.4 Å². The number of benzene rings is 1. The molecule has 1 spiro atoms. The summed E-state index contributed by atoms with van der Waals surface area (Å²) in [5, 5.41) is 2.99. The molecule has 0 radical (unpaired) electrons. The number of amides is 2. The van der Waals surface area contributed by atoms with Gasteiger partial charge in [0.1, 0.15) is 5.75 Å². The second kappa shape index (κ2) is 6.00. The molecule has 6 heteroatoms. The topological polar surface area (TPSA) is 67.9 Å². The first kappa shape index (κ1) is 16.6. The summed E-state index contributed by atoms with van der Waals surface area (Å²) >= 11 is 0. The predicted octanol–water partition coefficient (Wildman–Crippen LogP) is 2.77. The molecule has 0 aromatic heterocycles. The summed E-state index contributed by atoms with van der Waals surface area (Å²) in [6, 6.07) is 5.45. The molecule has 3 rings (SSSR count). The highest BCUT2D eigenvalue weighted by Crippen LogP contribution is 2.50. The van der Waals surface area contributed by atoms with E-state index in [0.717, 1.165) is 17.7 Å². The number of fused-ring (bicyclic) bond motifs is 2. The highest BCUT2D eigenvalue weighted by atomic mass is 16.5. The van der Waals surface area contributed by atoms with Crippen LogP contribution in [0.3, 0.4) is 0 Å². The van der Waals surface area contributed by atoms with E-state index >= 15 is 0 Å². The van der Waals surface area contributed by atoms with Gasteiger partial charge in [0.2, 0.25) is 5.91 Å². The van der Waals surface area contributed by atoms with E-state index in [0.29, 0.717) is 24.6 Å². The van der Waals surface area contributed by atoms with Gasteiger partial charge in [0.05, 0.1) is 25.7 Å². The Balaban J connectivity index is 2.08. The van der Waals surface area contributed by atoms with Crippen molar-refractivity contribution in [3.63, 3.8) is 0 Å². The Labute approximate surface area is 142 Å². The lowest BCUT2D eigenvalue weighted by molar-refractivity contribution is -0.121. The fraction of sp³-hybridized carbons (Fsp3) is 0.556. The molecule has 2 atom stereocenters. The smallest absolute Gasteiger partial charge is 0.409 e. The van der Waals surface area contributed by atoms with E-state index < -0.39 is 5.41 Å². The molecule has 0 bridgehead atoms. The zero-order valence-electron chi connectivity index (χ0n) is 14.6. The van der Waals surface area contributed by atoms with Gasteiger partial charge in [-0.2, -0.15) is 0 Å². The molecule has 2 heterocycles. The Morgan fingerprint density at radius 3 is 2.79 bits per heavy atom. The van der Waals surface area contributed by atoms with Crippen molar-refractivity contribution >= 4 is 17.7 Å². The summed E-state index contributed by atoms with van der Waals surface area (Å²) in [5.41, 5.74) is 1.02. The van der Waals surface area contributed by atoms with Gasteiger partial charge in [-0.3, -0.25) is 4.79 Å². The van der Waals surface area contributed by atoms with Crippen LogP contribution in [0.5, 0.6) is 5.75 Å². The molecule has 6 nitrogen and oxygen atoms in total. The zero-order valence-corrected chi connectivity index (χ0v) is 14.6. The molecule has 1 fully saturated rings. The average molecular weight is 332 g/mol. The fourth-order valence-electron chi connectivity index (χ4n) is 4.07. The first-order valence-electron chi connectivity index (χ1n) is 8.28. The predicted molar refractivity (Wildman–Crippen MR) is 90.3 cm³/mol. The number of methoxy groups -OCH3 is 2. The second-order valence-corrected chi connectivity index (χ2v) is 6.90. The molecular formula is C18H24N2O4. The highest BCUT2D eigenvalue weighted by Gasteiger charge is 2.59. The van der Waals surface area contributed by atoms with E-state index in [1.165, 1.54) is 7.11 Å². The normalized spacial score (nSPS) is 25.1. The Kier molecular flexibility index (Phi) is 4.15. The number of likely N-dealkylation sites (tertiary alicyclic amines) is 1. The molecule has 2 aliphatic heterocycles. The third kappa shape index (κ3) is 2.32. The monoisotopic (exact) mass is 332 g/mol. The Bertz CT molecular complexity index is 673. The Morgan fingerprint density at radius 1 is 1.42 bits per heavy atom. The minimum absolute atomic E-state index is 0.0391. The van der Waals surface area contributed by atoms with Crippen molar-refractivity contribution in [3.05, 3.63) is 23.8 Å². The Morgan fingerprint density at radius 2 is 2.17 bits per heavy atom. The van der Waals surface area contributed by atoms with Crippen LogP contribution in [0.2, 0.25) is 0 Å². The molecular weight excluding hydrogens is 308 g/mol. The molecule has 2 aliphatic rings. The largest absolute Gasteiger partial charge is 0.497 e. The lowest BCUT2D eigenvalue weighted by Gasteiger charge is -2.34. The van der Waals surface area contributed by atoms with Crippen LogP contribution >= 0.6 is 0 Å². The average Bonchev–Trinajstić information content (AvgIpc) is 3.06. The van der Waals surface area contributed by atoms with Gasteiger partial charge < -0.3 is 19.7 Å².